The zero-order valence-electron chi connectivity index (χ0n) is 6.45. The number of benzene rings is 1. The summed E-state index contributed by atoms with van der Waals surface area (Å²) in [7, 11) is 0. The van der Waals surface area contributed by atoms with E-state index < -0.39 is 0 Å². The third-order valence-corrected chi connectivity index (χ3v) is 2.25. The molecule has 0 unspecified atom stereocenters. The van der Waals surface area contributed by atoms with Crippen molar-refractivity contribution in [3.05, 3.63) is 34.6 Å². The first-order valence-corrected chi connectivity index (χ1v) is 3.76. The molecule has 58 valence electrons. The Bertz CT molecular complexity index is 294. The minimum atomic E-state index is -0.0903. The Labute approximate surface area is 65.2 Å². The molecule has 0 saturated heterocycles. The Morgan fingerprint density at radius 1 is 1.36 bits per heavy atom. The van der Waals surface area contributed by atoms with Gasteiger partial charge in [0.05, 0.1) is 0 Å². The van der Waals surface area contributed by atoms with Crippen LogP contribution in [0.25, 0.3) is 0 Å². The summed E-state index contributed by atoms with van der Waals surface area (Å²) in [6, 6.07) is 3.40. The molecule has 0 amide bonds. The molecule has 0 fully saturated rings. The van der Waals surface area contributed by atoms with Gasteiger partial charge in [-0.25, -0.2) is 4.39 Å². The third-order valence-electron chi connectivity index (χ3n) is 2.25. The fourth-order valence-corrected chi connectivity index (χ4v) is 1.52. The normalized spacial score (nSPS) is 15.1. The van der Waals surface area contributed by atoms with Crippen molar-refractivity contribution in [1.29, 1.82) is 0 Å². The van der Waals surface area contributed by atoms with Crippen LogP contribution in [-0.4, -0.2) is 0 Å². The Balaban J connectivity index is 2.62. The molecule has 0 spiro atoms. The highest BCUT2D eigenvalue weighted by Gasteiger charge is 2.13. The molecular weight excluding hydrogens is 141 g/mol. The molecule has 0 aliphatic carbocycles. The Morgan fingerprint density at radius 3 is 3.00 bits per heavy atom. The Hall–Kier alpha value is -0.890. The highest BCUT2D eigenvalue weighted by atomic mass is 19.1. The van der Waals surface area contributed by atoms with Crippen LogP contribution in [0.15, 0.2) is 12.1 Å². The molecular formula is C9H10FN. The van der Waals surface area contributed by atoms with E-state index in [2.05, 4.69) is 5.32 Å². The van der Waals surface area contributed by atoms with Crippen LogP contribution in [0.2, 0.25) is 0 Å². The van der Waals surface area contributed by atoms with Crippen LogP contribution >= 0.6 is 0 Å². The first kappa shape index (κ1) is 6.80. The van der Waals surface area contributed by atoms with Crippen LogP contribution in [0.1, 0.15) is 16.7 Å². The summed E-state index contributed by atoms with van der Waals surface area (Å²) in [5.41, 5.74) is 3.18. The highest BCUT2D eigenvalue weighted by Crippen LogP contribution is 2.21. The van der Waals surface area contributed by atoms with E-state index in [4.69, 9.17) is 0 Å². The van der Waals surface area contributed by atoms with E-state index in [1.165, 1.54) is 5.56 Å². The zero-order chi connectivity index (χ0) is 7.84. The molecule has 1 aliphatic heterocycles. The summed E-state index contributed by atoms with van der Waals surface area (Å²) in [4.78, 5) is 0. The van der Waals surface area contributed by atoms with Crippen molar-refractivity contribution in [3.63, 3.8) is 0 Å². The number of rotatable bonds is 0. The number of hydrogen-bond acceptors (Lipinski definition) is 1. The number of halogens is 1. The van der Waals surface area contributed by atoms with E-state index in [1.54, 1.807) is 6.07 Å². The largest absolute Gasteiger partial charge is 0.309 e. The molecule has 0 saturated carbocycles. The van der Waals surface area contributed by atoms with Crippen molar-refractivity contribution < 1.29 is 4.39 Å². The number of nitrogens with one attached hydrogen (secondary N) is 1. The zero-order valence-corrected chi connectivity index (χ0v) is 6.45. The van der Waals surface area contributed by atoms with E-state index in [-0.39, 0.29) is 5.82 Å². The van der Waals surface area contributed by atoms with Crippen molar-refractivity contribution in [1.82, 2.24) is 5.32 Å². The minimum Gasteiger partial charge on any atom is -0.309 e. The predicted molar refractivity (Wildman–Crippen MR) is 41.7 cm³/mol. The molecule has 1 aliphatic rings. The summed E-state index contributed by atoms with van der Waals surface area (Å²) in [5, 5.41) is 3.19. The molecule has 11 heavy (non-hydrogen) atoms. The van der Waals surface area contributed by atoms with Crippen molar-refractivity contribution in [2.45, 2.75) is 20.0 Å². The van der Waals surface area contributed by atoms with Gasteiger partial charge >= 0.3 is 0 Å². The summed E-state index contributed by atoms with van der Waals surface area (Å²) in [5.74, 6) is -0.0903. The molecule has 1 nitrogen and oxygen atoms in total. The van der Waals surface area contributed by atoms with Crippen LogP contribution in [0, 0.1) is 12.7 Å². The maximum atomic E-state index is 12.9. The second-order valence-electron chi connectivity index (χ2n) is 2.91. The minimum absolute atomic E-state index is 0.0903. The number of hydrogen-bond donors (Lipinski definition) is 1. The summed E-state index contributed by atoms with van der Waals surface area (Å²) >= 11 is 0. The second kappa shape index (κ2) is 2.31. The van der Waals surface area contributed by atoms with Gasteiger partial charge in [-0.1, -0.05) is 6.07 Å². The molecule has 0 radical (unpaired) electrons. The SMILES string of the molecule is Cc1c(F)ccc2c1CNC2. The fourth-order valence-electron chi connectivity index (χ4n) is 1.52. The van der Waals surface area contributed by atoms with Gasteiger partial charge in [0.2, 0.25) is 0 Å². The maximum Gasteiger partial charge on any atom is 0.126 e. The van der Waals surface area contributed by atoms with E-state index in [0.29, 0.717) is 0 Å². The van der Waals surface area contributed by atoms with Crippen molar-refractivity contribution >= 4 is 0 Å². The van der Waals surface area contributed by atoms with Gasteiger partial charge in [-0.15, -0.1) is 0 Å². The average Bonchev–Trinajstić information content (AvgIpc) is 2.45. The quantitative estimate of drug-likeness (QED) is 0.595. The molecule has 1 heterocycles. The number of fused-ring (bicyclic) bond motifs is 1. The summed E-state index contributed by atoms with van der Waals surface area (Å²) in [6.07, 6.45) is 0. The van der Waals surface area contributed by atoms with Crippen LogP contribution in [-0.2, 0) is 13.1 Å². The molecule has 2 heteroatoms. The lowest BCUT2D eigenvalue weighted by atomic mass is 10.0. The van der Waals surface area contributed by atoms with Gasteiger partial charge < -0.3 is 5.32 Å². The summed E-state index contributed by atoms with van der Waals surface area (Å²) in [6.45, 7) is 3.54. The topological polar surface area (TPSA) is 12.0 Å². The lowest BCUT2D eigenvalue weighted by molar-refractivity contribution is 0.615. The first-order chi connectivity index (χ1) is 5.29. The van der Waals surface area contributed by atoms with Gasteiger partial charge in [-0.05, 0) is 29.7 Å². The van der Waals surface area contributed by atoms with Gasteiger partial charge in [0.1, 0.15) is 5.82 Å². The van der Waals surface area contributed by atoms with Crippen LogP contribution in [0.4, 0.5) is 4.39 Å². The van der Waals surface area contributed by atoms with Crippen LogP contribution in [0.3, 0.4) is 0 Å². The Morgan fingerprint density at radius 2 is 2.18 bits per heavy atom. The first-order valence-electron chi connectivity index (χ1n) is 3.76. The lowest BCUT2D eigenvalue weighted by Gasteiger charge is -2.02. The highest BCUT2D eigenvalue weighted by molar-refractivity contribution is 5.37. The fraction of sp³-hybridized carbons (Fsp3) is 0.333. The van der Waals surface area contributed by atoms with Crippen molar-refractivity contribution in [2.75, 3.05) is 0 Å². The summed E-state index contributed by atoms with van der Waals surface area (Å²) < 4.78 is 12.9. The predicted octanol–water partition coefficient (Wildman–Crippen LogP) is 1.74. The average molecular weight is 151 g/mol. The van der Waals surface area contributed by atoms with Gasteiger partial charge in [0, 0.05) is 13.1 Å². The monoisotopic (exact) mass is 151 g/mol. The molecule has 0 bridgehead atoms. The van der Waals surface area contributed by atoms with Crippen LogP contribution in [0.5, 0.6) is 0 Å². The standard InChI is InChI=1S/C9H10FN/c1-6-8-5-11-4-7(8)2-3-9(6)10/h2-3,11H,4-5H2,1H3. The van der Waals surface area contributed by atoms with Gasteiger partial charge in [-0.2, -0.15) is 0 Å². The van der Waals surface area contributed by atoms with Crippen molar-refractivity contribution in [3.8, 4) is 0 Å². The third kappa shape index (κ3) is 0.942. The molecule has 1 N–H and O–H groups in total. The van der Waals surface area contributed by atoms with Crippen molar-refractivity contribution in [2.24, 2.45) is 0 Å². The van der Waals surface area contributed by atoms with Gasteiger partial charge in [0.25, 0.3) is 0 Å². The van der Waals surface area contributed by atoms with E-state index in [9.17, 15) is 4.39 Å². The van der Waals surface area contributed by atoms with E-state index in [0.717, 1.165) is 24.2 Å². The molecule has 2 rings (SSSR count). The van der Waals surface area contributed by atoms with E-state index in [1.807, 2.05) is 13.0 Å². The lowest BCUT2D eigenvalue weighted by Crippen LogP contribution is -2.00. The van der Waals surface area contributed by atoms with E-state index >= 15 is 0 Å². The molecule has 0 atom stereocenters. The molecule has 1 aromatic carbocycles. The van der Waals surface area contributed by atoms with Crippen LogP contribution < -0.4 is 5.32 Å². The second-order valence-corrected chi connectivity index (χ2v) is 2.91. The van der Waals surface area contributed by atoms with Gasteiger partial charge in [0.15, 0.2) is 0 Å². The Kier molecular flexibility index (Phi) is 1.43. The molecule has 0 aromatic heterocycles. The van der Waals surface area contributed by atoms with Gasteiger partial charge in [-0.3, -0.25) is 0 Å². The maximum absolute atomic E-state index is 12.9. The molecule has 1 aromatic rings. The smallest absolute Gasteiger partial charge is 0.126 e.